The summed E-state index contributed by atoms with van der Waals surface area (Å²) in [4.78, 5) is 10.7. The van der Waals surface area contributed by atoms with Gasteiger partial charge in [-0.25, -0.2) is 13.6 Å². The van der Waals surface area contributed by atoms with E-state index in [1.54, 1.807) is 0 Å². The lowest BCUT2D eigenvalue weighted by atomic mass is 10.0. The molecule has 0 aromatic heterocycles. The van der Waals surface area contributed by atoms with E-state index in [4.69, 9.17) is 5.11 Å². The zero-order valence-electron chi connectivity index (χ0n) is 11.9. The number of benzene rings is 1. The molecule has 4 heteroatoms. The minimum atomic E-state index is -1.44. The van der Waals surface area contributed by atoms with Gasteiger partial charge < -0.3 is 5.11 Å². The molecule has 0 bridgehead atoms. The molecule has 1 rings (SSSR count). The van der Waals surface area contributed by atoms with Crippen LogP contribution in [0.1, 0.15) is 67.8 Å². The summed E-state index contributed by atoms with van der Waals surface area (Å²) in [7, 11) is 0. The average Bonchev–Trinajstić information content (AvgIpc) is 2.42. The molecule has 112 valence electrons. The molecule has 0 unspecified atom stereocenters. The molecule has 0 fully saturated rings. The highest BCUT2D eigenvalue weighted by Gasteiger charge is 2.17. The summed E-state index contributed by atoms with van der Waals surface area (Å²) < 4.78 is 27.1. The van der Waals surface area contributed by atoms with Gasteiger partial charge in [-0.3, -0.25) is 0 Å². The van der Waals surface area contributed by atoms with Crippen molar-refractivity contribution in [3.8, 4) is 0 Å². The number of carboxylic acids is 1. The van der Waals surface area contributed by atoms with Crippen molar-refractivity contribution >= 4 is 5.97 Å². The van der Waals surface area contributed by atoms with Gasteiger partial charge in [0.1, 0.15) is 0 Å². The molecule has 20 heavy (non-hydrogen) atoms. The fourth-order valence-electron chi connectivity index (χ4n) is 2.22. The Labute approximate surface area is 118 Å². The van der Waals surface area contributed by atoms with Gasteiger partial charge in [-0.1, -0.05) is 51.5 Å². The van der Waals surface area contributed by atoms with Crippen LogP contribution in [0.5, 0.6) is 0 Å². The second-order valence-corrected chi connectivity index (χ2v) is 5.08. The molecule has 0 saturated carbocycles. The number of hydrogen-bond acceptors (Lipinski definition) is 1. The van der Waals surface area contributed by atoms with E-state index in [1.165, 1.54) is 31.7 Å². The molecule has 0 heterocycles. The largest absolute Gasteiger partial charge is 0.478 e. The first kappa shape index (κ1) is 16.6. The van der Waals surface area contributed by atoms with Crippen molar-refractivity contribution in [2.45, 2.75) is 58.3 Å². The molecule has 1 aromatic carbocycles. The Morgan fingerprint density at radius 3 is 2.20 bits per heavy atom. The van der Waals surface area contributed by atoms with E-state index in [1.807, 2.05) is 0 Å². The van der Waals surface area contributed by atoms with Crippen LogP contribution in [0.3, 0.4) is 0 Å². The summed E-state index contributed by atoms with van der Waals surface area (Å²) in [5.41, 5.74) is -0.341. The maximum absolute atomic E-state index is 13.7. The van der Waals surface area contributed by atoms with Gasteiger partial charge in [-0.05, 0) is 24.5 Å². The maximum Gasteiger partial charge on any atom is 0.338 e. The normalized spacial score (nSPS) is 10.8. The van der Waals surface area contributed by atoms with Gasteiger partial charge in [0.15, 0.2) is 11.6 Å². The Hall–Kier alpha value is -1.45. The number of unbranched alkanes of at least 4 members (excludes halogenated alkanes) is 6. The monoisotopic (exact) mass is 284 g/mol. The minimum Gasteiger partial charge on any atom is -0.478 e. The first-order chi connectivity index (χ1) is 9.57. The minimum absolute atomic E-state index is 0.265. The van der Waals surface area contributed by atoms with Crippen molar-refractivity contribution < 1.29 is 18.7 Å². The van der Waals surface area contributed by atoms with Crippen molar-refractivity contribution in [1.29, 1.82) is 0 Å². The van der Waals surface area contributed by atoms with Crippen molar-refractivity contribution in [3.05, 3.63) is 34.9 Å². The van der Waals surface area contributed by atoms with Crippen LogP contribution in [0.4, 0.5) is 8.78 Å². The van der Waals surface area contributed by atoms with Gasteiger partial charge in [0, 0.05) is 0 Å². The molecule has 0 aliphatic rings. The quantitative estimate of drug-likeness (QED) is 0.651. The Balaban J connectivity index is 2.41. The first-order valence-electron chi connectivity index (χ1n) is 7.28. The summed E-state index contributed by atoms with van der Waals surface area (Å²) in [6.07, 6.45) is 8.22. The van der Waals surface area contributed by atoms with Crippen LogP contribution >= 0.6 is 0 Å². The van der Waals surface area contributed by atoms with E-state index in [0.29, 0.717) is 6.42 Å². The van der Waals surface area contributed by atoms with Gasteiger partial charge in [-0.15, -0.1) is 0 Å². The maximum atomic E-state index is 13.7. The average molecular weight is 284 g/mol. The summed E-state index contributed by atoms with van der Waals surface area (Å²) >= 11 is 0. The van der Waals surface area contributed by atoms with Gasteiger partial charge in [0.2, 0.25) is 0 Å². The summed E-state index contributed by atoms with van der Waals surface area (Å²) in [6.45, 7) is 2.16. The van der Waals surface area contributed by atoms with Crippen LogP contribution in [0, 0.1) is 11.6 Å². The molecule has 0 aliphatic carbocycles. The number of rotatable bonds is 9. The zero-order chi connectivity index (χ0) is 15.0. The fourth-order valence-corrected chi connectivity index (χ4v) is 2.22. The molecule has 0 spiro atoms. The Bertz CT molecular complexity index is 444. The van der Waals surface area contributed by atoms with Crippen LogP contribution in [0.15, 0.2) is 12.1 Å². The molecule has 0 aliphatic heterocycles. The van der Waals surface area contributed by atoms with Crippen LogP contribution in [-0.2, 0) is 6.42 Å². The highest BCUT2D eigenvalue weighted by molar-refractivity contribution is 5.88. The number of halogens is 2. The summed E-state index contributed by atoms with van der Waals surface area (Å²) in [5.74, 6) is -3.71. The SMILES string of the molecule is CCCCCCCCCc1ccc(C(=O)O)c(F)c1F. The Morgan fingerprint density at radius 2 is 1.60 bits per heavy atom. The Kier molecular flexibility index (Phi) is 7.20. The van der Waals surface area contributed by atoms with Gasteiger partial charge >= 0.3 is 5.97 Å². The first-order valence-corrected chi connectivity index (χ1v) is 7.28. The third kappa shape index (κ3) is 4.91. The smallest absolute Gasteiger partial charge is 0.338 e. The molecule has 0 amide bonds. The number of hydrogen-bond donors (Lipinski definition) is 1. The molecular formula is C16H22F2O2. The van der Waals surface area contributed by atoms with E-state index < -0.39 is 23.2 Å². The lowest BCUT2D eigenvalue weighted by Crippen LogP contribution is -2.05. The van der Waals surface area contributed by atoms with Crippen molar-refractivity contribution in [2.75, 3.05) is 0 Å². The van der Waals surface area contributed by atoms with E-state index >= 15 is 0 Å². The third-order valence-corrected chi connectivity index (χ3v) is 3.44. The fraction of sp³-hybridized carbons (Fsp3) is 0.562. The van der Waals surface area contributed by atoms with Crippen LogP contribution in [0.25, 0.3) is 0 Å². The highest BCUT2D eigenvalue weighted by Crippen LogP contribution is 2.19. The summed E-state index contributed by atoms with van der Waals surface area (Å²) in [6, 6.07) is 2.51. The van der Waals surface area contributed by atoms with E-state index in [2.05, 4.69) is 6.92 Å². The van der Waals surface area contributed by atoms with Crippen LogP contribution < -0.4 is 0 Å². The highest BCUT2D eigenvalue weighted by atomic mass is 19.2. The molecule has 0 radical (unpaired) electrons. The van der Waals surface area contributed by atoms with Crippen LogP contribution in [0.2, 0.25) is 0 Å². The standard InChI is InChI=1S/C16H22F2O2/c1-2-3-4-5-6-7-8-9-12-10-11-13(16(19)20)15(18)14(12)17/h10-11H,2-9H2,1H3,(H,19,20). The molecule has 1 N–H and O–H groups in total. The zero-order valence-corrected chi connectivity index (χ0v) is 11.9. The molecular weight excluding hydrogens is 262 g/mol. The van der Waals surface area contributed by atoms with E-state index in [-0.39, 0.29) is 5.56 Å². The number of carbonyl (C=O) groups is 1. The topological polar surface area (TPSA) is 37.3 Å². The van der Waals surface area contributed by atoms with Gasteiger partial charge in [0.05, 0.1) is 5.56 Å². The molecule has 0 atom stereocenters. The number of aromatic carboxylic acids is 1. The third-order valence-electron chi connectivity index (χ3n) is 3.44. The molecule has 1 aromatic rings. The Morgan fingerprint density at radius 1 is 1.00 bits per heavy atom. The lowest BCUT2D eigenvalue weighted by Gasteiger charge is -2.06. The predicted molar refractivity (Wildman–Crippen MR) is 75.0 cm³/mol. The lowest BCUT2D eigenvalue weighted by molar-refractivity contribution is 0.0690. The van der Waals surface area contributed by atoms with E-state index in [9.17, 15) is 13.6 Å². The predicted octanol–water partition coefficient (Wildman–Crippen LogP) is 4.96. The number of carboxylic acid groups (broad SMARTS) is 1. The van der Waals surface area contributed by atoms with Crippen LogP contribution in [-0.4, -0.2) is 11.1 Å². The second-order valence-electron chi connectivity index (χ2n) is 5.08. The van der Waals surface area contributed by atoms with Gasteiger partial charge in [-0.2, -0.15) is 0 Å². The van der Waals surface area contributed by atoms with Gasteiger partial charge in [0.25, 0.3) is 0 Å². The van der Waals surface area contributed by atoms with Crippen molar-refractivity contribution in [3.63, 3.8) is 0 Å². The summed E-state index contributed by atoms with van der Waals surface area (Å²) in [5, 5.41) is 8.69. The molecule has 0 saturated heterocycles. The molecule has 2 nitrogen and oxygen atoms in total. The van der Waals surface area contributed by atoms with Crippen molar-refractivity contribution in [1.82, 2.24) is 0 Å². The number of aryl methyl sites for hydroxylation is 1. The van der Waals surface area contributed by atoms with Crippen molar-refractivity contribution in [2.24, 2.45) is 0 Å². The second kappa shape index (κ2) is 8.67. The van der Waals surface area contributed by atoms with E-state index in [0.717, 1.165) is 25.3 Å².